The van der Waals surface area contributed by atoms with Gasteiger partial charge in [0.1, 0.15) is 11.1 Å². The summed E-state index contributed by atoms with van der Waals surface area (Å²) in [4.78, 5) is 14.1. The maximum absolute atomic E-state index is 12.3. The third-order valence-electron chi connectivity index (χ3n) is 3.89. The van der Waals surface area contributed by atoms with Crippen molar-refractivity contribution in [2.75, 3.05) is 0 Å². The molecule has 0 aliphatic carbocycles. The predicted molar refractivity (Wildman–Crippen MR) is 71.3 cm³/mol. The van der Waals surface area contributed by atoms with E-state index in [9.17, 15) is 10.1 Å². The van der Waals surface area contributed by atoms with Crippen molar-refractivity contribution in [3.8, 4) is 6.07 Å². The highest BCUT2D eigenvalue weighted by Gasteiger charge is 2.47. The number of piperidine rings is 2. The zero-order valence-electron chi connectivity index (χ0n) is 12.0. The Labute approximate surface area is 114 Å². The van der Waals surface area contributed by atoms with Crippen LogP contribution in [0.5, 0.6) is 0 Å². The minimum absolute atomic E-state index is 0.0481. The fourth-order valence-electron chi connectivity index (χ4n) is 3.19. The van der Waals surface area contributed by atoms with Gasteiger partial charge in [-0.2, -0.15) is 5.26 Å². The molecule has 2 bridgehead atoms. The maximum atomic E-state index is 12.3. The largest absolute Gasteiger partial charge is 0.444 e. The summed E-state index contributed by atoms with van der Waals surface area (Å²) in [5, 5.41) is 9.21. The van der Waals surface area contributed by atoms with Crippen molar-refractivity contribution in [3.05, 3.63) is 0 Å². The molecule has 5 nitrogen and oxygen atoms in total. The SMILES string of the molecule is CC(C)(C)OC(=O)N1C2CCCC1CC(N)(C#N)C2. The normalized spacial score (nSPS) is 34.6. The van der Waals surface area contributed by atoms with Crippen LogP contribution < -0.4 is 5.73 Å². The predicted octanol–water partition coefficient (Wildman–Crippen LogP) is 2.16. The number of nitrogens with two attached hydrogens (primary N) is 1. The Bertz CT molecular complexity index is 394. The second-order valence-corrected chi connectivity index (χ2v) is 6.80. The number of carbonyl (C=O) groups is 1. The van der Waals surface area contributed by atoms with Crippen LogP contribution in [0.25, 0.3) is 0 Å². The van der Waals surface area contributed by atoms with E-state index in [0.717, 1.165) is 19.3 Å². The number of nitriles is 1. The molecule has 0 radical (unpaired) electrons. The molecule has 19 heavy (non-hydrogen) atoms. The van der Waals surface area contributed by atoms with Crippen LogP contribution in [0.3, 0.4) is 0 Å². The van der Waals surface area contributed by atoms with E-state index in [2.05, 4.69) is 6.07 Å². The van der Waals surface area contributed by atoms with Crippen molar-refractivity contribution in [2.24, 2.45) is 5.73 Å². The third kappa shape index (κ3) is 3.01. The van der Waals surface area contributed by atoms with E-state index < -0.39 is 11.1 Å². The van der Waals surface area contributed by atoms with Gasteiger partial charge < -0.3 is 15.4 Å². The molecule has 0 aromatic heterocycles. The van der Waals surface area contributed by atoms with Crippen molar-refractivity contribution in [3.63, 3.8) is 0 Å². The summed E-state index contributed by atoms with van der Waals surface area (Å²) in [7, 11) is 0. The number of carbonyl (C=O) groups excluding carboxylic acids is 1. The molecule has 2 rings (SSSR count). The van der Waals surface area contributed by atoms with Crippen LogP contribution in [0.15, 0.2) is 0 Å². The van der Waals surface area contributed by atoms with Crippen molar-refractivity contribution in [2.45, 2.75) is 76.1 Å². The summed E-state index contributed by atoms with van der Waals surface area (Å²) in [6, 6.07) is 2.31. The molecule has 2 atom stereocenters. The van der Waals surface area contributed by atoms with Crippen molar-refractivity contribution >= 4 is 6.09 Å². The first kappa shape index (κ1) is 14.1. The minimum atomic E-state index is -0.783. The molecule has 1 amide bonds. The van der Waals surface area contributed by atoms with E-state index in [4.69, 9.17) is 10.5 Å². The summed E-state index contributed by atoms with van der Waals surface area (Å²) in [5.41, 5.74) is 4.83. The Morgan fingerprint density at radius 2 is 1.89 bits per heavy atom. The van der Waals surface area contributed by atoms with Gasteiger partial charge in [0.05, 0.1) is 6.07 Å². The topological polar surface area (TPSA) is 79.3 Å². The van der Waals surface area contributed by atoms with E-state index in [1.807, 2.05) is 25.7 Å². The van der Waals surface area contributed by atoms with E-state index >= 15 is 0 Å². The monoisotopic (exact) mass is 265 g/mol. The second-order valence-electron chi connectivity index (χ2n) is 6.80. The zero-order chi connectivity index (χ0) is 14.3. The van der Waals surface area contributed by atoms with E-state index in [0.29, 0.717) is 12.8 Å². The van der Waals surface area contributed by atoms with Crippen molar-refractivity contribution in [1.29, 1.82) is 5.26 Å². The van der Waals surface area contributed by atoms with Crippen LogP contribution in [-0.4, -0.2) is 34.2 Å². The molecule has 2 N–H and O–H groups in total. The fraction of sp³-hybridized carbons (Fsp3) is 0.857. The van der Waals surface area contributed by atoms with E-state index in [1.165, 1.54) is 0 Å². The first-order valence-electron chi connectivity index (χ1n) is 6.95. The van der Waals surface area contributed by atoms with Gasteiger partial charge >= 0.3 is 6.09 Å². The number of nitrogens with zero attached hydrogens (tertiary/aromatic N) is 2. The minimum Gasteiger partial charge on any atom is -0.444 e. The van der Waals surface area contributed by atoms with Crippen LogP contribution in [-0.2, 0) is 4.74 Å². The molecule has 2 aliphatic heterocycles. The number of ether oxygens (including phenoxy) is 1. The molecular weight excluding hydrogens is 242 g/mol. The Morgan fingerprint density at radius 1 is 1.37 bits per heavy atom. The van der Waals surface area contributed by atoms with Gasteiger partial charge in [-0.05, 0) is 52.9 Å². The summed E-state index contributed by atoms with van der Waals surface area (Å²) in [5.74, 6) is 0. The Hall–Kier alpha value is -1.28. The molecule has 0 aromatic carbocycles. The number of fused-ring (bicyclic) bond motifs is 2. The van der Waals surface area contributed by atoms with Crippen LogP contribution in [0, 0.1) is 11.3 Å². The van der Waals surface area contributed by atoms with Gasteiger partial charge in [0.25, 0.3) is 0 Å². The van der Waals surface area contributed by atoms with Crippen molar-refractivity contribution < 1.29 is 9.53 Å². The Kier molecular flexibility index (Phi) is 3.48. The highest BCUT2D eigenvalue weighted by atomic mass is 16.6. The van der Waals surface area contributed by atoms with Gasteiger partial charge in [-0.3, -0.25) is 0 Å². The highest BCUT2D eigenvalue weighted by molar-refractivity contribution is 5.69. The smallest absolute Gasteiger partial charge is 0.410 e. The van der Waals surface area contributed by atoms with Gasteiger partial charge in [-0.1, -0.05) is 0 Å². The fourth-order valence-corrected chi connectivity index (χ4v) is 3.19. The Morgan fingerprint density at radius 3 is 2.32 bits per heavy atom. The first-order valence-corrected chi connectivity index (χ1v) is 6.95. The lowest BCUT2D eigenvalue weighted by Crippen LogP contribution is -2.62. The lowest BCUT2D eigenvalue weighted by atomic mass is 9.75. The molecule has 0 aromatic rings. The quantitative estimate of drug-likeness (QED) is 0.728. The van der Waals surface area contributed by atoms with E-state index in [1.54, 1.807) is 0 Å². The summed E-state index contributed by atoms with van der Waals surface area (Å²) in [6.07, 6.45) is 3.77. The average Bonchev–Trinajstić information content (AvgIpc) is 2.25. The number of hydrogen-bond donors (Lipinski definition) is 1. The van der Waals surface area contributed by atoms with Gasteiger partial charge in [-0.25, -0.2) is 4.79 Å². The van der Waals surface area contributed by atoms with Crippen LogP contribution >= 0.6 is 0 Å². The number of amides is 1. The highest BCUT2D eigenvalue weighted by Crippen LogP contribution is 2.38. The molecule has 2 aliphatic rings. The van der Waals surface area contributed by atoms with Gasteiger partial charge in [0.15, 0.2) is 0 Å². The number of rotatable bonds is 0. The van der Waals surface area contributed by atoms with Crippen LogP contribution in [0.2, 0.25) is 0 Å². The molecule has 0 spiro atoms. The van der Waals surface area contributed by atoms with Gasteiger partial charge in [0.2, 0.25) is 0 Å². The molecule has 0 saturated carbocycles. The summed E-state index contributed by atoms with van der Waals surface area (Å²) in [6.45, 7) is 5.60. The lowest BCUT2D eigenvalue weighted by Gasteiger charge is -2.50. The molecule has 106 valence electrons. The molecule has 2 heterocycles. The van der Waals surface area contributed by atoms with Crippen LogP contribution in [0.4, 0.5) is 4.79 Å². The number of hydrogen-bond acceptors (Lipinski definition) is 4. The lowest BCUT2D eigenvalue weighted by molar-refractivity contribution is -0.0265. The third-order valence-corrected chi connectivity index (χ3v) is 3.89. The van der Waals surface area contributed by atoms with Crippen LogP contribution in [0.1, 0.15) is 52.9 Å². The second kappa shape index (κ2) is 4.68. The summed E-state index contributed by atoms with van der Waals surface area (Å²) < 4.78 is 5.48. The van der Waals surface area contributed by atoms with E-state index in [-0.39, 0.29) is 18.2 Å². The standard InChI is InChI=1S/C14H23N3O2/c1-13(2,3)19-12(18)17-10-5-4-6-11(17)8-14(16,7-10)9-15/h10-11H,4-8,16H2,1-3H3. The molecular formula is C14H23N3O2. The van der Waals surface area contributed by atoms with Gasteiger partial charge in [0, 0.05) is 12.1 Å². The average molecular weight is 265 g/mol. The van der Waals surface area contributed by atoms with Gasteiger partial charge in [-0.15, -0.1) is 0 Å². The van der Waals surface area contributed by atoms with Crippen molar-refractivity contribution in [1.82, 2.24) is 4.90 Å². The zero-order valence-corrected chi connectivity index (χ0v) is 12.0. The molecule has 2 fully saturated rings. The Balaban J connectivity index is 2.15. The molecule has 5 heteroatoms. The summed E-state index contributed by atoms with van der Waals surface area (Å²) >= 11 is 0. The maximum Gasteiger partial charge on any atom is 0.410 e. The molecule has 2 unspecified atom stereocenters. The first-order chi connectivity index (χ1) is 8.74. The molecule has 2 saturated heterocycles.